The molecule has 122 valence electrons. The summed E-state index contributed by atoms with van der Waals surface area (Å²) in [6, 6.07) is 3.48. The van der Waals surface area contributed by atoms with Crippen molar-refractivity contribution < 1.29 is 13.2 Å². The van der Waals surface area contributed by atoms with E-state index in [2.05, 4.69) is 10.0 Å². The molecule has 1 aliphatic rings. The minimum absolute atomic E-state index is 0.426. The molecule has 22 heavy (non-hydrogen) atoms. The fraction of sp³-hybridized carbons (Fsp3) is 0.429. The molecule has 1 aromatic carbocycles. The number of fused-ring (bicyclic) bond motifs is 1. The van der Waals surface area contributed by atoms with Gasteiger partial charge in [0.05, 0.1) is 11.3 Å². The molecule has 0 amide bonds. The number of ether oxygens (including phenoxy) is 1. The van der Waals surface area contributed by atoms with E-state index in [-0.39, 0.29) is 0 Å². The first-order chi connectivity index (χ1) is 10.3. The Labute approximate surface area is 140 Å². The molecule has 1 aliphatic heterocycles. The maximum Gasteiger partial charge on any atom is 0.208 e. The van der Waals surface area contributed by atoms with Crippen LogP contribution in [0.25, 0.3) is 6.08 Å². The van der Waals surface area contributed by atoms with E-state index in [9.17, 15) is 8.42 Å². The third-order valence-corrected chi connectivity index (χ3v) is 4.27. The number of hydrogen-bond donors (Lipinski definition) is 2. The van der Waals surface area contributed by atoms with Crippen molar-refractivity contribution in [2.75, 3.05) is 32.5 Å². The lowest BCUT2D eigenvalue weighted by atomic mass is 10.1. The second-order valence-electron chi connectivity index (χ2n) is 5.09. The van der Waals surface area contributed by atoms with Gasteiger partial charge >= 0.3 is 0 Å². The van der Waals surface area contributed by atoms with Crippen molar-refractivity contribution in [3.05, 3.63) is 33.3 Å². The molecule has 5 nitrogen and oxygen atoms in total. The van der Waals surface area contributed by atoms with Gasteiger partial charge in [-0.2, -0.15) is 0 Å². The molecule has 8 heteroatoms. The van der Waals surface area contributed by atoms with Crippen LogP contribution in [0.15, 0.2) is 17.7 Å². The largest absolute Gasteiger partial charge is 0.487 e. The number of rotatable bonds is 7. The summed E-state index contributed by atoms with van der Waals surface area (Å²) in [7, 11) is -3.11. The zero-order valence-corrected chi connectivity index (χ0v) is 14.5. The lowest BCUT2D eigenvalue weighted by Gasteiger charge is -2.19. The van der Waals surface area contributed by atoms with Gasteiger partial charge in [-0.25, -0.2) is 13.1 Å². The Morgan fingerprint density at radius 1 is 1.27 bits per heavy atom. The molecule has 0 saturated heterocycles. The lowest BCUT2D eigenvalue weighted by molar-refractivity contribution is 0.343. The van der Waals surface area contributed by atoms with Crippen molar-refractivity contribution in [1.29, 1.82) is 0 Å². The zero-order chi connectivity index (χ0) is 16.2. The van der Waals surface area contributed by atoms with Crippen molar-refractivity contribution in [3.63, 3.8) is 0 Å². The first-order valence-electron chi connectivity index (χ1n) is 6.82. The van der Waals surface area contributed by atoms with Gasteiger partial charge in [0.2, 0.25) is 10.0 Å². The zero-order valence-electron chi connectivity index (χ0n) is 12.2. The first-order valence-corrected chi connectivity index (χ1v) is 9.46. The van der Waals surface area contributed by atoms with Gasteiger partial charge in [-0.1, -0.05) is 23.2 Å². The van der Waals surface area contributed by atoms with Crippen LogP contribution in [0.1, 0.15) is 12.0 Å². The van der Waals surface area contributed by atoms with E-state index in [1.165, 1.54) is 0 Å². The van der Waals surface area contributed by atoms with Gasteiger partial charge < -0.3 is 10.1 Å². The number of sulfonamides is 1. The van der Waals surface area contributed by atoms with Gasteiger partial charge in [0.25, 0.3) is 0 Å². The molecule has 0 atom stereocenters. The molecular weight excluding hydrogens is 347 g/mol. The molecule has 2 N–H and O–H groups in total. The van der Waals surface area contributed by atoms with Crippen LogP contribution in [0.5, 0.6) is 5.75 Å². The topological polar surface area (TPSA) is 67.4 Å². The molecule has 0 radical (unpaired) electrons. The summed E-state index contributed by atoms with van der Waals surface area (Å²) < 4.78 is 29.9. The van der Waals surface area contributed by atoms with E-state index in [0.29, 0.717) is 42.0 Å². The van der Waals surface area contributed by atoms with Crippen molar-refractivity contribution in [1.82, 2.24) is 10.0 Å². The van der Waals surface area contributed by atoms with Gasteiger partial charge in [-0.05, 0) is 36.7 Å². The van der Waals surface area contributed by atoms with Crippen LogP contribution >= 0.6 is 23.2 Å². The van der Waals surface area contributed by atoms with E-state index in [1.54, 1.807) is 6.07 Å². The second-order valence-corrected chi connectivity index (χ2v) is 7.77. The van der Waals surface area contributed by atoms with E-state index in [0.717, 1.165) is 23.8 Å². The number of hydrogen-bond acceptors (Lipinski definition) is 4. The number of halogens is 2. The second kappa shape index (κ2) is 7.66. The minimum atomic E-state index is -3.11. The molecule has 1 heterocycles. The smallest absolute Gasteiger partial charge is 0.208 e. The number of nitrogens with one attached hydrogen (secondary N) is 2. The Hall–Kier alpha value is -0.790. The summed E-state index contributed by atoms with van der Waals surface area (Å²) in [4.78, 5) is 0. The summed E-state index contributed by atoms with van der Waals surface area (Å²) in [6.07, 6.45) is 3.88. The van der Waals surface area contributed by atoms with Crippen LogP contribution in [0, 0.1) is 0 Å². The van der Waals surface area contributed by atoms with Crippen molar-refractivity contribution in [2.24, 2.45) is 0 Å². The molecule has 0 spiro atoms. The summed E-state index contributed by atoms with van der Waals surface area (Å²) in [5, 5.41) is 4.34. The fourth-order valence-corrected chi connectivity index (χ4v) is 3.17. The fourth-order valence-electron chi connectivity index (χ4n) is 2.09. The molecule has 0 bridgehead atoms. The highest BCUT2D eigenvalue weighted by Crippen LogP contribution is 2.36. The number of benzene rings is 1. The summed E-state index contributed by atoms with van der Waals surface area (Å²) in [6.45, 7) is 2.28. The molecule has 0 fully saturated rings. The van der Waals surface area contributed by atoms with Crippen molar-refractivity contribution in [3.8, 4) is 5.75 Å². The lowest BCUT2D eigenvalue weighted by Crippen LogP contribution is -2.28. The summed E-state index contributed by atoms with van der Waals surface area (Å²) in [5.41, 5.74) is 1.96. The SMILES string of the molecule is CS(=O)(=O)NCCCNCC1=Cc2cc(Cl)cc(Cl)c2OC1. The van der Waals surface area contributed by atoms with Gasteiger partial charge in [-0.15, -0.1) is 0 Å². The Bertz CT molecular complexity index is 675. The standard InChI is InChI=1S/C14H18Cl2N2O3S/c1-22(19,20)18-4-2-3-17-8-10-5-11-6-12(15)7-13(16)14(11)21-9-10/h5-7,17-18H,2-4,8-9H2,1H3. The van der Waals surface area contributed by atoms with Gasteiger partial charge in [0.1, 0.15) is 12.4 Å². The van der Waals surface area contributed by atoms with Crippen molar-refractivity contribution >= 4 is 39.3 Å². The highest BCUT2D eigenvalue weighted by molar-refractivity contribution is 7.88. The molecular formula is C14H18Cl2N2O3S. The minimum Gasteiger partial charge on any atom is -0.487 e. The third kappa shape index (κ3) is 5.44. The van der Waals surface area contributed by atoms with Crippen LogP contribution in [-0.4, -0.2) is 40.9 Å². The van der Waals surface area contributed by atoms with Gasteiger partial charge in [0.15, 0.2) is 0 Å². The van der Waals surface area contributed by atoms with Crippen molar-refractivity contribution in [2.45, 2.75) is 6.42 Å². The normalized spacial score (nSPS) is 14.2. The summed E-state index contributed by atoms with van der Waals surface area (Å²) >= 11 is 12.1. The Morgan fingerprint density at radius 2 is 2.05 bits per heavy atom. The quantitative estimate of drug-likeness (QED) is 0.728. The molecule has 0 saturated carbocycles. The molecule has 2 rings (SSSR count). The molecule has 0 unspecified atom stereocenters. The highest BCUT2D eigenvalue weighted by atomic mass is 35.5. The first kappa shape index (κ1) is 17.6. The molecule has 0 aromatic heterocycles. The van der Waals surface area contributed by atoms with E-state index < -0.39 is 10.0 Å². The summed E-state index contributed by atoms with van der Waals surface area (Å²) in [5.74, 6) is 0.659. The average Bonchev–Trinajstić information content (AvgIpc) is 2.41. The molecule has 1 aromatic rings. The maximum absolute atomic E-state index is 10.9. The Kier molecular flexibility index (Phi) is 6.11. The van der Waals surface area contributed by atoms with E-state index in [1.807, 2.05) is 12.1 Å². The van der Waals surface area contributed by atoms with Crippen LogP contribution in [0.2, 0.25) is 10.0 Å². The Morgan fingerprint density at radius 3 is 2.77 bits per heavy atom. The predicted octanol–water partition coefficient (Wildman–Crippen LogP) is 2.30. The van der Waals surface area contributed by atoms with Crippen LogP contribution in [0.4, 0.5) is 0 Å². The van der Waals surface area contributed by atoms with Crippen LogP contribution in [-0.2, 0) is 10.0 Å². The Balaban J connectivity index is 1.81. The third-order valence-electron chi connectivity index (χ3n) is 3.05. The van der Waals surface area contributed by atoms with Crippen LogP contribution < -0.4 is 14.8 Å². The maximum atomic E-state index is 10.9. The van der Waals surface area contributed by atoms with E-state index >= 15 is 0 Å². The van der Waals surface area contributed by atoms with Crippen LogP contribution in [0.3, 0.4) is 0 Å². The monoisotopic (exact) mass is 364 g/mol. The van der Waals surface area contributed by atoms with E-state index in [4.69, 9.17) is 27.9 Å². The van der Waals surface area contributed by atoms with Gasteiger partial charge in [0, 0.05) is 23.7 Å². The average molecular weight is 365 g/mol. The van der Waals surface area contributed by atoms with Gasteiger partial charge in [-0.3, -0.25) is 0 Å². The predicted molar refractivity (Wildman–Crippen MR) is 90.3 cm³/mol. The highest BCUT2D eigenvalue weighted by Gasteiger charge is 2.15. The molecule has 0 aliphatic carbocycles.